The second-order valence-electron chi connectivity index (χ2n) is 23.3. The third kappa shape index (κ3) is 28.3. The van der Waals surface area contributed by atoms with Crippen LogP contribution in [0.1, 0.15) is 194 Å². The van der Waals surface area contributed by atoms with Gasteiger partial charge in [0.25, 0.3) is 0 Å². The van der Waals surface area contributed by atoms with E-state index in [0.29, 0.717) is 75.4 Å². The lowest BCUT2D eigenvalue weighted by molar-refractivity contribution is -0.703. The Balaban J connectivity index is 0.000000352. The molecule has 0 aliphatic rings. The Morgan fingerprint density at radius 3 is 1.34 bits per heavy atom. The van der Waals surface area contributed by atoms with E-state index < -0.39 is 35.8 Å². The fraction of sp³-hybridized carbons (Fsp3) is 0.515. The number of carbonyl (C=O) groups is 1. The van der Waals surface area contributed by atoms with Gasteiger partial charge in [0, 0.05) is 91.8 Å². The van der Waals surface area contributed by atoms with E-state index in [1.165, 1.54) is 27.8 Å². The first-order chi connectivity index (χ1) is 40.7. The van der Waals surface area contributed by atoms with Crippen LogP contribution >= 0.6 is 0 Å². The molecule has 0 radical (unpaired) electrons. The number of hydrogen-bond donors (Lipinski definition) is 1. The van der Waals surface area contributed by atoms with Gasteiger partial charge in [-0.3, -0.25) is 14.8 Å². The minimum atomic E-state index is -4.20. The zero-order valence-corrected chi connectivity index (χ0v) is 54.1. The smallest absolute Gasteiger partial charge is 0.311 e. The Hall–Kier alpha value is -5.87. The molecular weight excluding hydrogens is 1150 g/mol. The van der Waals surface area contributed by atoms with E-state index >= 15 is 0 Å². The molecule has 1 aromatic carbocycles. The molecule has 0 saturated carbocycles. The monoisotopic (exact) mass is 1240 g/mol. The molecule has 17 nitrogen and oxygen atoms in total. The highest BCUT2D eigenvalue weighted by Gasteiger charge is 2.34. The van der Waals surface area contributed by atoms with Crippen molar-refractivity contribution >= 4 is 36.3 Å². The summed E-state index contributed by atoms with van der Waals surface area (Å²) in [6.45, 7) is 16.7. The van der Waals surface area contributed by atoms with Gasteiger partial charge in [-0.05, 0) is 165 Å². The first-order valence-electron chi connectivity index (χ1n) is 30.2. The normalized spacial score (nSPS) is 14.4. The Morgan fingerprint density at radius 1 is 0.535 bits per heavy atom. The highest BCUT2D eigenvalue weighted by Crippen LogP contribution is 2.43. The van der Waals surface area contributed by atoms with Gasteiger partial charge < -0.3 is 23.5 Å². The molecule has 6 aromatic rings. The summed E-state index contributed by atoms with van der Waals surface area (Å²) in [7, 11) is -12.3. The van der Waals surface area contributed by atoms with Crippen LogP contribution in [0.3, 0.4) is 0 Å². The molecular formula is C66H93N5O12S3. The number of pyridine rings is 5. The lowest BCUT2D eigenvalue weighted by atomic mass is 9.75. The average Bonchev–Trinajstić information content (AvgIpc) is 3.39. The molecule has 1 N–H and O–H groups in total. The molecule has 5 aromatic heterocycles. The minimum absolute atomic E-state index is 0.154. The number of aryl methyl sites for hydroxylation is 2. The highest BCUT2D eigenvalue weighted by atomic mass is 32.2. The Labute approximate surface area is 513 Å². The summed E-state index contributed by atoms with van der Waals surface area (Å²) in [5.74, 6) is 0.955. The maximum atomic E-state index is 12.8. The SMILES string of the molecule is CCC(O)C[n+]1ccc(C(CC(CC)c2cc[n+](CCCS(=O)(=O)[O-])cc2)CC(CC(C)c2ccccc2)c2ccncc2)cc1.CCCCOC(=O)C(C)(C)CC(CC(CC)c1cc[n+](CCCS(=O)(=O)[O-])cc1)c1ccncc1.CS(=O)(=O)[O-]. The van der Waals surface area contributed by atoms with Crippen LogP contribution < -0.4 is 13.7 Å². The zero-order valence-electron chi connectivity index (χ0n) is 51.6. The molecule has 7 atom stereocenters. The zero-order chi connectivity index (χ0) is 63.3. The predicted octanol–water partition coefficient (Wildman–Crippen LogP) is 10.3. The summed E-state index contributed by atoms with van der Waals surface area (Å²) >= 11 is 0. The number of unbranched alkanes of at least 4 members (excludes halogenated alkanes) is 1. The van der Waals surface area contributed by atoms with Gasteiger partial charge in [-0.25, -0.2) is 39.0 Å². The molecule has 6 rings (SSSR count). The molecule has 0 aliphatic heterocycles. The first-order valence-corrected chi connectivity index (χ1v) is 35.1. The summed E-state index contributed by atoms with van der Waals surface area (Å²) in [5, 5.41) is 10.2. The van der Waals surface area contributed by atoms with Crippen molar-refractivity contribution in [1.29, 1.82) is 0 Å². The summed E-state index contributed by atoms with van der Waals surface area (Å²) in [4.78, 5) is 21.3. The number of aliphatic hydroxyl groups excluding tert-OH is 1. The largest absolute Gasteiger partial charge is 0.748 e. The Kier molecular flexibility index (Phi) is 30.8. The molecule has 472 valence electrons. The van der Waals surface area contributed by atoms with Crippen molar-refractivity contribution in [2.75, 3.05) is 24.4 Å². The van der Waals surface area contributed by atoms with Gasteiger partial charge in [-0.15, -0.1) is 0 Å². The molecule has 7 unspecified atom stereocenters. The van der Waals surface area contributed by atoms with Gasteiger partial charge in [0.05, 0.1) is 42.4 Å². The molecule has 0 saturated heterocycles. The third-order valence-corrected chi connectivity index (χ3v) is 17.4. The van der Waals surface area contributed by atoms with Crippen LogP contribution in [0.5, 0.6) is 0 Å². The number of esters is 1. The third-order valence-electron chi connectivity index (χ3n) is 15.8. The number of rotatable bonds is 33. The van der Waals surface area contributed by atoms with Crippen LogP contribution in [0.2, 0.25) is 0 Å². The van der Waals surface area contributed by atoms with Crippen LogP contribution in [-0.4, -0.2) is 90.4 Å². The van der Waals surface area contributed by atoms with Gasteiger partial charge in [0.1, 0.15) is 19.2 Å². The second-order valence-corrected chi connectivity index (χ2v) is 27.7. The number of nitrogens with zero attached hydrogens (tertiary/aromatic N) is 5. The van der Waals surface area contributed by atoms with Gasteiger partial charge in [-0.2, -0.15) is 0 Å². The van der Waals surface area contributed by atoms with Crippen LogP contribution in [-0.2, 0) is 59.5 Å². The van der Waals surface area contributed by atoms with Crippen molar-refractivity contribution in [3.8, 4) is 0 Å². The van der Waals surface area contributed by atoms with Crippen molar-refractivity contribution < 1.29 is 67.3 Å². The number of hydrogen-bond acceptors (Lipinski definition) is 14. The molecule has 5 heterocycles. The van der Waals surface area contributed by atoms with Crippen molar-refractivity contribution in [2.24, 2.45) is 5.41 Å². The van der Waals surface area contributed by atoms with E-state index in [9.17, 15) is 35.8 Å². The molecule has 0 spiro atoms. The Bertz CT molecular complexity index is 3210. The van der Waals surface area contributed by atoms with Gasteiger partial charge >= 0.3 is 5.97 Å². The topological polar surface area (TPSA) is 256 Å². The lowest BCUT2D eigenvalue weighted by Crippen LogP contribution is -2.39. The van der Waals surface area contributed by atoms with E-state index in [1.54, 1.807) is 12.4 Å². The number of aliphatic hydroxyl groups is 1. The molecule has 0 bridgehead atoms. The Morgan fingerprint density at radius 2 is 0.919 bits per heavy atom. The molecule has 0 amide bonds. The van der Waals surface area contributed by atoms with Crippen molar-refractivity contribution in [3.05, 3.63) is 186 Å². The number of aromatic nitrogens is 5. The number of benzene rings is 1. The van der Waals surface area contributed by atoms with Gasteiger partial charge in [-0.1, -0.05) is 71.4 Å². The maximum absolute atomic E-state index is 12.8. The first kappa shape index (κ1) is 72.6. The van der Waals surface area contributed by atoms with E-state index in [2.05, 4.69) is 133 Å². The summed E-state index contributed by atoms with van der Waals surface area (Å²) in [6, 6.07) is 32.0. The fourth-order valence-corrected chi connectivity index (χ4v) is 11.8. The van der Waals surface area contributed by atoms with E-state index in [4.69, 9.17) is 17.7 Å². The van der Waals surface area contributed by atoms with E-state index in [1.807, 2.05) is 79.2 Å². The molecule has 0 fully saturated rings. The highest BCUT2D eigenvalue weighted by molar-refractivity contribution is 7.86. The standard InChI is InChI=1S/C38H50N3O4S.C27H40N2O5S.CH4O3S/c1-4-31(34-14-21-40(22-15-34)20-9-25-46(43,44)45)27-37(35-16-23-41(24-17-35)29-38(42)5-2)28-36(33-12-18-39-19-13-33)26-30(3)32-10-7-6-8-11-32;1-5-7-18-34-26(30)27(3,4)21-25(23-9-13-28-14-10-23)20-22(6-2)24-11-16-29(17-12-24)15-8-19-35(31,32)33;1-5(2,3)4/h6-8,10-19,21-24,30-31,36-38,42H,4-5,9,20,25-29H2,1-3H3;9-14,16-17,22,25H,5-8,15,18-21H2,1-4H3;1H3,(H,2,3,4)/q+1;;/p-1. The van der Waals surface area contributed by atoms with E-state index in [-0.39, 0.29) is 35.4 Å². The van der Waals surface area contributed by atoms with Crippen LogP contribution in [0.4, 0.5) is 0 Å². The van der Waals surface area contributed by atoms with Crippen molar-refractivity contribution in [1.82, 2.24) is 9.97 Å². The molecule has 0 aliphatic carbocycles. The van der Waals surface area contributed by atoms with Crippen LogP contribution in [0, 0.1) is 5.41 Å². The predicted molar refractivity (Wildman–Crippen MR) is 331 cm³/mol. The second kappa shape index (κ2) is 36.4. The van der Waals surface area contributed by atoms with Crippen molar-refractivity contribution in [3.63, 3.8) is 0 Å². The molecule has 86 heavy (non-hydrogen) atoms. The van der Waals surface area contributed by atoms with Gasteiger partial charge in [0.2, 0.25) is 0 Å². The average molecular weight is 1240 g/mol. The van der Waals surface area contributed by atoms with E-state index in [0.717, 1.165) is 63.4 Å². The summed E-state index contributed by atoms with van der Waals surface area (Å²) in [6.07, 6.45) is 29.4. The van der Waals surface area contributed by atoms with Crippen molar-refractivity contribution in [2.45, 2.75) is 187 Å². The van der Waals surface area contributed by atoms with Crippen LogP contribution in [0.15, 0.2) is 153 Å². The van der Waals surface area contributed by atoms with Gasteiger partial charge in [0.15, 0.2) is 43.7 Å². The minimum Gasteiger partial charge on any atom is -0.748 e. The maximum Gasteiger partial charge on any atom is 0.311 e. The fourth-order valence-electron chi connectivity index (χ4n) is 10.9. The summed E-state index contributed by atoms with van der Waals surface area (Å²) < 4.78 is 104. The molecule has 20 heteroatoms. The summed E-state index contributed by atoms with van der Waals surface area (Å²) in [5.41, 5.74) is 6.98. The van der Waals surface area contributed by atoms with Crippen LogP contribution in [0.25, 0.3) is 0 Å². The number of ether oxygens (including phenoxy) is 1. The number of carbonyl (C=O) groups excluding carboxylic acids is 1. The quantitative estimate of drug-likeness (QED) is 0.0174. The lowest BCUT2D eigenvalue weighted by Gasteiger charge is -2.30.